The van der Waals surface area contributed by atoms with E-state index in [4.69, 9.17) is 0 Å². The van der Waals surface area contributed by atoms with E-state index in [0.717, 1.165) is 12.1 Å². The quantitative estimate of drug-likeness (QED) is 0.672. The van der Waals surface area contributed by atoms with Gasteiger partial charge < -0.3 is 5.32 Å². The van der Waals surface area contributed by atoms with Crippen LogP contribution in [0, 0.1) is 21.7 Å². The first kappa shape index (κ1) is 13.4. The lowest BCUT2D eigenvalue weighted by atomic mass is 10.2. The first-order valence-electron chi connectivity index (χ1n) is 5.13. The molecule has 0 bridgehead atoms. The minimum atomic E-state index is -0.727. The van der Waals surface area contributed by atoms with E-state index < -0.39 is 16.6 Å². The average molecular weight is 329 g/mol. The molecule has 2 rings (SSSR count). The Balaban J connectivity index is 2.35. The van der Waals surface area contributed by atoms with Crippen molar-refractivity contribution >= 4 is 33.0 Å². The van der Waals surface area contributed by atoms with Crippen molar-refractivity contribution in [3.63, 3.8) is 0 Å². The third-order valence-electron chi connectivity index (χ3n) is 2.30. The Hall–Kier alpha value is -2.02. The maximum Gasteiger partial charge on any atom is 0.274 e. The first-order valence-corrected chi connectivity index (χ1v) is 5.92. The minimum absolute atomic E-state index is 0.207. The highest BCUT2D eigenvalue weighted by molar-refractivity contribution is 9.10. The van der Waals surface area contributed by atoms with Crippen molar-refractivity contribution < 1.29 is 13.7 Å². The largest absolute Gasteiger partial charge is 0.354 e. The van der Waals surface area contributed by atoms with Gasteiger partial charge in [0.25, 0.3) is 5.69 Å². The molecule has 7 heteroatoms. The molecule has 0 aliphatic heterocycles. The predicted octanol–water partition coefficient (Wildman–Crippen LogP) is 4.38. The summed E-state index contributed by atoms with van der Waals surface area (Å²) >= 11 is 3.14. The van der Waals surface area contributed by atoms with Gasteiger partial charge >= 0.3 is 0 Å². The van der Waals surface area contributed by atoms with Gasteiger partial charge in [-0.15, -0.1) is 0 Å². The van der Waals surface area contributed by atoms with Crippen molar-refractivity contribution in [2.75, 3.05) is 5.32 Å². The molecular weight excluding hydrogens is 322 g/mol. The number of nitrogens with one attached hydrogen (secondary N) is 1. The molecule has 2 aromatic rings. The lowest BCUT2D eigenvalue weighted by molar-refractivity contribution is -0.385. The molecule has 0 unspecified atom stereocenters. The number of anilines is 2. The van der Waals surface area contributed by atoms with Crippen LogP contribution in [0.15, 0.2) is 40.9 Å². The lowest BCUT2D eigenvalue weighted by Crippen LogP contribution is -1.95. The average Bonchev–Trinajstić information content (AvgIpc) is 2.32. The Morgan fingerprint density at radius 3 is 2.47 bits per heavy atom. The van der Waals surface area contributed by atoms with E-state index in [0.29, 0.717) is 10.2 Å². The zero-order valence-corrected chi connectivity index (χ0v) is 10.9. The third kappa shape index (κ3) is 3.25. The van der Waals surface area contributed by atoms with Crippen molar-refractivity contribution in [1.29, 1.82) is 0 Å². The minimum Gasteiger partial charge on any atom is -0.354 e. The summed E-state index contributed by atoms with van der Waals surface area (Å²) in [5.41, 5.74) is 0.320. The van der Waals surface area contributed by atoms with Crippen LogP contribution in [-0.4, -0.2) is 4.92 Å². The van der Waals surface area contributed by atoms with Gasteiger partial charge in [0.2, 0.25) is 0 Å². The first-order chi connectivity index (χ1) is 8.95. The summed E-state index contributed by atoms with van der Waals surface area (Å²) in [7, 11) is 0. The van der Waals surface area contributed by atoms with Crippen LogP contribution in [0.5, 0.6) is 0 Å². The summed E-state index contributed by atoms with van der Waals surface area (Å²) in [4.78, 5) is 9.94. The van der Waals surface area contributed by atoms with Gasteiger partial charge in [0.05, 0.1) is 16.7 Å². The highest BCUT2D eigenvalue weighted by Gasteiger charge is 2.11. The molecule has 0 radical (unpaired) electrons. The van der Waals surface area contributed by atoms with Crippen molar-refractivity contribution in [3.05, 3.63) is 62.6 Å². The van der Waals surface area contributed by atoms with E-state index in [1.807, 2.05) is 0 Å². The van der Waals surface area contributed by atoms with E-state index in [1.165, 1.54) is 24.3 Å². The van der Waals surface area contributed by atoms with Crippen LogP contribution in [0.4, 0.5) is 25.8 Å². The summed E-state index contributed by atoms with van der Waals surface area (Å²) in [6.45, 7) is 0. The Morgan fingerprint density at radius 1 is 1.11 bits per heavy atom. The predicted molar refractivity (Wildman–Crippen MR) is 70.4 cm³/mol. The monoisotopic (exact) mass is 328 g/mol. The number of halogens is 3. The van der Waals surface area contributed by atoms with Gasteiger partial charge in [-0.05, 0) is 40.2 Å². The number of hydrogen-bond acceptors (Lipinski definition) is 3. The number of hydrogen-bond donors (Lipinski definition) is 1. The van der Waals surface area contributed by atoms with Gasteiger partial charge in [0.15, 0.2) is 0 Å². The van der Waals surface area contributed by atoms with Crippen LogP contribution in [0.25, 0.3) is 0 Å². The van der Waals surface area contributed by atoms with Crippen LogP contribution in [-0.2, 0) is 0 Å². The second kappa shape index (κ2) is 5.31. The Morgan fingerprint density at radius 2 is 1.84 bits per heavy atom. The van der Waals surface area contributed by atoms with Crippen LogP contribution in [0.1, 0.15) is 0 Å². The number of nitrogens with zero attached hydrogens (tertiary/aromatic N) is 1. The molecule has 0 amide bonds. The molecule has 4 nitrogen and oxygen atoms in total. The molecule has 0 aromatic heterocycles. The molecule has 1 N–H and O–H groups in total. The summed E-state index contributed by atoms with van der Waals surface area (Å²) < 4.78 is 26.6. The van der Waals surface area contributed by atoms with Gasteiger partial charge in [-0.1, -0.05) is 0 Å². The van der Waals surface area contributed by atoms with Crippen LogP contribution in [0.3, 0.4) is 0 Å². The maximum atomic E-state index is 13.2. The Kier molecular flexibility index (Phi) is 3.75. The Bertz CT molecular complexity index is 650. The van der Waals surface area contributed by atoms with Crippen LogP contribution < -0.4 is 5.32 Å². The molecule has 0 atom stereocenters. The summed E-state index contributed by atoms with van der Waals surface area (Å²) in [5.74, 6) is -1.16. The second-order valence-corrected chi connectivity index (χ2v) is 4.56. The summed E-state index contributed by atoms with van der Waals surface area (Å²) in [5, 5.41) is 13.4. The fraction of sp³-hybridized carbons (Fsp3) is 0. The molecule has 0 saturated carbocycles. The van der Waals surface area contributed by atoms with E-state index in [1.54, 1.807) is 0 Å². The number of nitro groups is 1. The van der Waals surface area contributed by atoms with Gasteiger partial charge in [0, 0.05) is 16.2 Å². The molecule has 0 aliphatic rings. The van der Waals surface area contributed by atoms with Crippen LogP contribution >= 0.6 is 15.9 Å². The maximum absolute atomic E-state index is 13.2. The topological polar surface area (TPSA) is 55.2 Å². The van der Waals surface area contributed by atoms with Crippen LogP contribution in [0.2, 0.25) is 0 Å². The third-order valence-corrected chi connectivity index (χ3v) is 2.96. The van der Waals surface area contributed by atoms with Crippen molar-refractivity contribution in [1.82, 2.24) is 0 Å². The number of nitro benzene ring substituents is 1. The fourth-order valence-corrected chi connectivity index (χ4v) is 1.95. The highest BCUT2D eigenvalue weighted by Crippen LogP contribution is 2.28. The van der Waals surface area contributed by atoms with E-state index in [2.05, 4.69) is 21.2 Å². The second-order valence-electron chi connectivity index (χ2n) is 3.70. The lowest BCUT2D eigenvalue weighted by Gasteiger charge is -2.08. The van der Waals surface area contributed by atoms with Gasteiger partial charge in [-0.2, -0.15) is 0 Å². The molecule has 98 valence electrons. The smallest absolute Gasteiger partial charge is 0.274 e. The van der Waals surface area contributed by atoms with Crippen molar-refractivity contribution in [2.24, 2.45) is 0 Å². The molecule has 0 aliphatic carbocycles. The number of rotatable bonds is 3. The van der Waals surface area contributed by atoms with Crippen molar-refractivity contribution in [2.45, 2.75) is 0 Å². The van der Waals surface area contributed by atoms with Gasteiger partial charge in [-0.25, -0.2) is 8.78 Å². The van der Waals surface area contributed by atoms with E-state index in [-0.39, 0.29) is 11.4 Å². The Labute approximate surface area is 115 Å². The molecule has 19 heavy (non-hydrogen) atoms. The molecule has 0 fully saturated rings. The number of non-ortho nitro benzene ring substituents is 1. The standard InChI is InChI=1S/C12H7BrF2N2O2/c13-11-5-7(14)1-2-12(11)16-9-3-8(15)4-10(6-9)17(18)19/h1-6,16H. The zero-order valence-electron chi connectivity index (χ0n) is 9.36. The molecular formula is C12H7BrF2N2O2. The van der Waals surface area contributed by atoms with Gasteiger partial charge in [0.1, 0.15) is 11.6 Å². The normalized spacial score (nSPS) is 10.3. The summed E-state index contributed by atoms with van der Waals surface area (Å²) in [6.07, 6.45) is 0. The SMILES string of the molecule is O=[N+]([O-])c1cc(F)cc(Nc2ccc(F)cc2Br)c1. The highest BCUT2D eigenvalue weighted by atomic mass is 79.9. The van der Waals surface area contributed by atoms with Crippen molar-refractivity contribution in [3.8, 4) is 0 Å². The molecule has 2 aromatic carbocycles. The fourth-order valence-electron chi connectivity index (χ4n) is 1.50. The molecule has 0 saturated heterocycles. The van der Waals surface area contributed by atoms with E-state index in [9.17, 15) is 18.9 Å². The number of benzene rings is 2. The summed E-state index contributed by atoms with van der Waals surface area (Å²) in [6, 6.07) is 7.03. The van der Waals surface area contributed by atoms with Gasteiger partial charge in [-0.3, -0.25) is 10.1 Å². The van der Waals surface area contributed by atoms with E-state index >= 15 is 0 Å². The molecule has 0 heterocycles. The zero-order chi connectivity index (χ0) is 14.0. The molecule has 0 spiro atoms.